The molecule has 0 bridgehead atoms. The van der Waals surface area contributed by atoms with E-state index in [-0.39, 0.29) is 18.2 Å². The van der Waals surface area contributed by atoms with E-state index < -0.39 is 27.4 Å². The summed E-state index contributed by atoms with van der Waals surface area (Å²) in [5.41, 5.74) is 0.0782. The number of benzene rings is 1. The van der Waals surface area contributed by atoms with Crippen molar-refractivity contribution in [3.63, 3.8) is 0 Å². The minimum Gasteiger partial charge on any atom is -0.472 e. The van der Waals surface area contributed by atoms with E-state index in [1.807, 2.05) is 0 Å². The van der Waals surface area contributed by atoms with Crippen molar-refractivity contribution in [2.24, 2.45) is 0 Å². The molecule has 0 saturated carbocycles. The zero-order valence-corrected chi connectivity index (χ0v) is 14.1. The second-order valence-corrected chi connectivity index (χ2v) is 7.80. The molecule has 1 aliphatic rings. The SMILES string of the molecule is O=S(=O)(Cc1cc(F)cc(F)c1)N1CCCC(Oc2cccnn2)C1. The van der Waals surface area contributed by atoms with Crippen molar-refractivity contribution < 1.29 is 21.9 Å². The number of nitrogens with zero attached hydrogens (tertiary/aromatic N) is 3. The number of halogens is 2. The second kappa shape index (κ2) is 7.40. The van der Waals surface area contributed by atoms with Gasteiger partial charge in [0.15, 0.2) is 0 Å². The highest BCUT2D eigenvalue weighted by Crippen LogP contribution is 2.21. The third-order valence-corrected chi connectivity index (χ3v) is 5.66. The molecule has 1 aromatic carbocycles. The van der Waals surface area contributed by atoms with E-state index >= 15 is 0 Å². The third-order valence-electron chi connectivity index (χ3n) is 3.84. The quantitative estimate of drug-likeness (QED) is 0.807. The molecule has 6 nitrogen and oxygen atoms in total. The highest BCUT2D eigenvalue weighted by atomic mass is 32.2. The summed E-state index contributed by atoms with van der Waals surface area (Å²) >= 11 is 0. The Morgan fingerprint density at radius 2 is 2.00 bits per heavy atom. The maximum absolute atomic E-state index is 13.3. The van der Waals surface area contributed by atoms with Crippen molar-refractivity contribution in [2.45, 2.75) is 24.7 Å². The Morgan fingerprint density at radius 3 is 2.68 bits per heavy atom. The molecule has 1 saturated heterocycles. The smallest absolute Gasteiger partial charge is 0.233 e. The maximum atomic E-state index is 13.3. The van der Waals surface area contributed by atoms with Gasteiger partial charge >= 0.3 is 0 Å². The van der Waals surface area contributed by atoms with E-state index in [4.69, 9.17) is 4.74 Å². The van der Waals surface area contributed by atoms with Gasteiger partial charge < -0.3 is 4.74 Å². The van der Waals surface area contributed by atoms with Crippen LogP contribution in [0.1, 0.15) is 18.4 Å². The van der Waals surface area contributed by atoms with Crippen molar-refractivity contribution in [3.8, 4) is 5.88 Å². The molecule has 3 rings (SSSR count). The van der Waals surface area contributed by atoms with E-state index in [1.165, 1.54) is 10.5 Å². The summed E-state index contributed by atoms with van der Waals surface area (Å²) in [6.45, 7) is 0.511. The van der Waals surface area contributed by atoms with Crippen LogP contribution in [0.5, 0.6) is 5.88 Å². The normalized spacial score (nSPS) is 18.9. The zero-order chi connectivity index (χ0) is 17.9. The lowest BCUT2D eigenvalue weighted by Gasteiger charge is -2.31. The van der Waals surface area contributed by atoms with Gasteiger partial charge in [-0.15, -0.1) is 5.10 Å². The largest absolute Gasteiger partial charge is 0.472 e. The van der Waals surface area contributed by atoms with Gasteiger partial charge in [-0.25, -0.2) is 17.2 Å². The predicted molar refractivity (Wildman–Crippen MR) is 86.2 cm³/mol. The van der Waals surface area contributed by atoms with Gasteiger partial charge in [-0.1, -0.05) is 0 Å². The number of sulfonamides is 1. The molecule has 0 amide bonds. The lowest BCUT2D eigenvalue weighted by molar-refractivity contribution is 0.123. The molecule has 25 heavy (non-hydrogen) atoms. The first-order chi connectivity index (χ1) is 11.9. The van der Waals surface area contributed by atoms with Crippen LogP contribution in [0.4, 0.5) is 8.78 Å². The van der Waals surface area contributed by atoms with Crippen LogP contribution in [0.3, 0.4) is 0 Å². The number of rotatable bonds is 5. The Labute approximate surface area is 144 Å². The summed E-state index contributed by atoms with van der Waals surface area (Å²) in [6.07, 6.45) is 2.49. The molecule has 0 spiro atoms. The number of ether oxygens (including phenoxy) is 1. The fourth-order valence-corrected chi connectivity index (χ4v) is 4.34. The van der Waals surface area contributed by atoms with Crippen LogP contribution in [-0.4, -0.2) is 42.1 Å². The van der Waals surface area contributed by atoms with Gasteiger partial charge in [0.2, 0.25) is 15.9 Å². The fourth-order valence-electron chi connectivity index (χ4n) is 2.77. The summed E-state index contributed by atoms with van der Waals surface area (Å²) in [7, 11) is -3.71. The van der Waals surface area contributed by atoms with Crippen LogP contribution in [0.2, 0.25) is 0 Å². The molecule has 2 aromatic rings. The van der Waals surface area contributed by atoms with E-state index in [2.05, 4.69) is 10.2 Å². The van der Waals surface area contributed by atoms with Crippen LogP contribution < -0.4 is 4.74 Å². The van der Waals surface area contributed by atoms with Gasteiger partial charge in [-0.3, -0.25) is 0 Å². The number of hydrogen-bond acceptors (Lipinski definition) is 5. The Hall–Kier alpha value is -2.13. The van der Waals surface area contributed by atoms with E-state index in [0.29, 0.717) is 31.3 Å². The van der Waals surface area contributed by atoms with Crippen molar-refractivity contribution in [1.82, 2.24) is 14.5 Å². The minimum absolute atomic E-state index is 0.0782. The van der Waals surface area contributed by atoms with Gasteiger partial charge in [-0.2, -0.15) is 9.40 Å². The maximum Gasteiger partial charge on any atom is 0.233 e. The van der Waals surface area contributed by atoms with Crippen molar-refractivity contribution in [3.05, 3.63) is 53.7 Å². The standard InChI is InChI=1S/C16H17F2N3O3S/c17-13-7-12(8-14(18)9-13)11-25(22,23)21-6-2-3-15(10-21)24-16-4-1-5-19-20-16/h1,4-5,7-9,15H,2-3,6,10-11H2. The molecule has 1 aliphatic heterocycles. The van der Waals surface area contributed by atoms with Gasteiger partial charge in [-0.05, 0) is 36.6 Å². The Morgan fingerprint density at radius 1 is 1.24 bits per heavy atom. The van der Waals surface area contributed by atoms with Gasteiger partial charge in [0.25, 0.3) is 0 Å². The molecular weight excluding hydrogens is 352 g/mol. The average molecular weight is 369 g/mol. The highest BCUT2D eigenvalue weighted by molar-refractivity contribution is 7.88. The molecule has 2 heterocycles. The Kier molecular flexibility index (Phi) is 5.24. The van der Waals surface area contributed by atoms with Crippen molar-refractivity contribution in [2.75, 3.05) is 13.1 Å². The number of piperidine rings is 1. The molecule has 1 atom stereocenters. The molecule has 1 fully saturated rings. The Bertz CT molecular complexity index is 814. The summed E-state index contributed by atoms with van der Waals surface area (Å²) in [4.78, 5) is 0. The first kappa shape index (κ1) is 17.7. The minimum atomic E-state index is -3.71. The molecule has 0 aliphatic carbocycles. The highest BCUT2D eigenvalue weighted by Gasteiger charge is 2.30. The van der Waals surface area contributed by atoms with Gasteiger partial charge in [0.1, 0.15) is 17.7 Å². The lowest BCUT2D eigenvalue weighted by atomic mass is 10.1. The van der Waals surface area contributed by atoms with Crippen LogP contribution in [0, 0.1) is 11.6 Å². The third kappa shape index (κ3) is 4.70. The van der Waals surface area contributed by atoms with Gasteiger partial charge in [0.05, 0.1) is 12.3 Å². The molecule has 1 aromatic heterocycles. The monoisotopic (exact) mass is 369 g/mol. The van der Waals surface area contributed by atoms with Crippen molar-refractivity contribution in [1.29, 1.82) is 0 Å². The second-order valence-electron chi connectivity index (χ2n) is 5.84. The molecule has 134 valence electrons. The molecule has 0 radical (unpaired) electrons. The van der Waals surface area contributed by atoms with Gasteiger partial charge in [0, 0.05) is 24.9 Å². The molecule has 1 unspecified atom stereocenters. The molecule has 9 heteroatoms. The zero-order valence-electron chi connectivity index (χ0n) is 13.3. The van der Waals surface area contributed by atoms with E-state index in [1.54, 1.807) is 12.1 Å². The van der Waals surface area contributed by atoms with Crippen LogP contribution in [-0.2, 0) is 15.8 Å². The first-order valence-electron chi connectivity index (χ1n) is 7.79. The first-order valence-corrected chi connectivity index (χ1v) is 9.40. The number of hydrogen-bond donors (Lipinski definition) is 0. The summed E-state index contributed by atoms with van der Waals surface area (Å²) < 4.78 is 58.6. The van der Waals surface area contributed by atoms with Crippen LogP contribution in [0.25, 0.3) is 0 Å². The molecule has 0 N–H and O–H groups in total. The fraction of sp³-hybridized carbons (Fsp3) is 0.375. The van der Waals surface area contributed by atoms with Crippen LogP contribution >= 0.6 is 0 Å². The van der Waals surface area contributed by atoms with Crippen molar-refractivity contribution >= 4 is 10.0 Å². The van der Waals surface area contributed by atoms with Crippen LogP contribution in [0.15, 0.2) is 36.5 Å². The van der Waals surface area contributed by atoms with E-state index in [9.17, 15) is 17.2 Å². The lowest BCUT2D eigenvalue weighted by Crippen LogP contribution is -2.44. The number of aromatic nitrogens is 2. The summed E-state index contributed by atoms with van der Waals surface area (Å²) in [6, 6.07) is 6.09. The van der Waals surface area contributed by atoms with E-state index in [0.717, 1.165) is 12.1 Å². The topological polar surface area (TPSA) is 72.4 Å². The average Bonchev–Trinajstić information content (AvgIpc) is 2.54. The predicted octanol–water partition coefficient (Wildman–Crippen LogP) is 2.13. The Balaban J connectivity index is 1.69. The summed E-state index contributed by atoms with van der Waals surface area (Å²) in [5, 5.41) is 7.54. The molecular formula is C16H17F2N3O3S. The summed E-state index contributed by atoms with van der Waals surface area (Å²) in [5.74, 6) is -1.72.